The molecule has 26 heavy (non-hydrogen) atoms. The highest BCUT2D eigenvalue weighted by Crippen LogP contribution is 2.25. The summed E-state index contributed by atoms with van der Waals surface area (Å²) in [6, 6.07) is 12.2. The molecule has 0 radical (unpaired) electrons. The first-order valence-corrected chi connectivity index (χ1v) is 9.23. The fraction of sp³-hybridized carbons (Fsp3) is 0.476. The molecule has 1 aliphatic heterocycles. The minimum Gasteiger partial charge on any atom is -0.497 e. The standard InChI is InChI=1S/C21H28N2O2.ClH/c1-15(21(24)23-11-9-16-4-3-10-22-14-16)17-5-6-19-13-20(25-2)8-7-18(19)12-17;/h5-8,12-13,15-16,22H,3-4,9-11,14H2,1-2H3,(H,23,24);1H. The summed E-state index contributed by atoms with van der Waals surface area (Å²) in [5.74, 6) is 1.51. The lowest BCUT2D eigenvalue weighted by molar-refractivity contribution is -0.122. The Morgan fingerprint density at radius 2 is 2.04 bits per heavy atom. The lowest BCUT2D eigenvalue weighted by atomic mass is 9.95. The third kappa shape index (κ3) is 5.12. The molecule has 142 valence electrons. The van der Waals surface area contributed by atoms with Crippen LogP contribution < -0.4 is 15.4 Å². The molecule has 0 aromatic heterocycles. The lowest BCUT2D eigenvalue weighted by Crippen LogP contribution is -2.34. The summed E-state index contributed by atoms with van der Waals surface area (Å²) in [6.45, 7) is 4.95. The van der Waals surface area contributed by atoms with Gasteiger partial charge >= 0.3 is 0 Å². The van der Waals surface area contributed by atoms with Crippen LogP contribution in [0.4, 0.5) is 0 Å². The molecule has 3 rings (SSSR count). The van der Waals surface area contributed by atoms with Crippen LogP contribution in [0.2, 0.25) is 0 Å². The maximum atomic E-state index is 12.5. The van der Waals surface area contributed by atoms with E-state index in [0.717, 1.165) is 48.1 Å². The Morgan fingerprint density at radius 3 is 2.77 bits per heavy atom. The van der Waals surface area contributed by atoms with Crippen molar-refractivity contribution in [3.05, 3.63) is 42.0 Å². The van der Waals surface area contributed by atoms with E-state index in [9.17, 15) is 4.79 Å². The molecule has 0 bridgehead atoms. The first-order chi connectivity index (χ1) is 12.2. The minimum absolute atomic E-state index is 0. The highest BCUT2D eigenvalue weighted by molar-refractivity contribution is 5.88. The van der Waals surface area contributed by atoms with E-state index >= 15 is 0 Å². The van der Waals surface area contributed by atoms with Gasteiger partial charge in [-0.1, -0.05) is 24.3 Å². The fourth-order valence-corrected chi connectivity index (χ4v) is 3.51. The Kier molecular flexibility index (Phi) is 7.73. The van der Waals surface area contributed by atoms with Crippen LogP contribution in [0.25, 0.3) is 10.8 Å². The predicted octanol–water partition coefficient (Wildman–Crippen LogP) is 3.88. The van der Waals surface area contributed by atoms with Gasteiger partial charge < -0.3 is 15.4 Å². The summed E-state index contributed by atoms with van der Waals surface area (Å²) < 4.78 is 5.26. The van der Waals surface area contributed by atoms with Crippen LogP contribution in [0.5, 0.6) is 5.75 Å². The van der Waals surface area contributed by atoms with Crippen LogP contribution >= 0.6 is 12.4 Å². The first kappa shape index (κ1) is 20.5. The summed E-state index contributed by atoms with van der Waals surface area (Å²) in [7, 11) is 1.67. The quantitative estimate of drug-likeness (QED) is 0.804. The molecule has 0 saturated carbocycles. The monoisotopic (exact) mass is 376 g/mol. The molecule has 2 unspecified atom stereocenters. The molecule has 1 amide bonds. The third-order valence-electron chi connectivity index (χ3n) is 5.22. The van der Waals surface area contributed by atoms with E-state index in [1.54, 1.807) is 7.11 Å². The number of benzene rings is 2. The molecule has 2 aromatic rings. The van der Waals surface area contributed by atoms with Crippen LogP contribution in [0, 0.1) is 5.92 Å². The number of carbonyl (C=O) groups excluding carboxylic acids is 1. The van der Waals surface area contributed by atoms with Crippen LogP contribution in [0.1, 0.15) is 37.7 Å². The van der Waals surface area contributed by atoms with E-state index in [-0.39, 0.29) is 24.2 Å². The molecule has 4 nitrogen and oxygen atoms in total. The van der Waals surface area contributed by atoms with Gasteiger partial charge in [-0.2, -0.15) is 0 Å². The number of fused-ring (bicyclic) bond motifs is 1. The average Bonchev–Trinajstić information content (AvgIpc) is 2.67. The van der Waals surface area contributed by atoms with E-state index in [1.165, 1.54) is 12.8 Å². The summed E-state index contributed by atoms with van der Waals surface area (Å²) in [4.78, 5) is 12.5. The number of halogens is 1. The minimum atomic E-state index is -0.143. The van der Waals surface area contributed by atoms with Gasteiger partial charge in [0.2, 0.25) is 5.91 Å². The SMILES string of the molecule is COc1ccc2cc(C(C)C(=O)NCCC3CCCNC3)ccc2c1.Cl. The maximum Gasteiger partial charge on any atom is 0.227 e. The van der Waals surface area contributed by atoms with Crippen molar-refractivity contribution in [2.24, 2.45) is 5.92 Å². The predicted molar refractivity (Wildman–Crippen MR) is 109 cm³/mol. The van der Waals surface area contributed by atoms with Gasteiger partial charge in [-0.15, -0.1) is 12.4 Å². The van der Waals surface area contributed by atoms with E-state index in [2.05, 4.69) is 22.8 Å². The van der Waals surface area contributed by atoms with Gasteiger partial charge in [0.1, 0.15) is 5.75 Å². The van der Waals surface area contributed by atoms with Crippen molar-refractivity contribution < 1.29 is 9.53 Å². The number of amides is 1. The summed E-state index contributed by atoms with van der Waals surface area (Å²) in [6.07, 6.45) is 3.58. The first-order valence-electron chi connectivity index (χ1n) is 9.23. The van der Waals surface area contributed by atoms with Crippen molar-refractivity contribution in [3.8, 4) is 5.75 Å². The Balaban J connectivity index is 0.00000243. The van der Waals surface area contributed by atoms with Gasteiger partial charge in [0, 0.05) is 6.54 Å². The van der Waals surface area contributed by atoms with Gasteiger partial charge in [0.25, 0.3) is 0 Å². The summed E-state index contributed by atoms with van der Waals surface area (Å²) in [5.41, 5.74) is 1.05. The molecule has 1 aliphatic rings. The Bertz CT molecular complexity index is 729. The zero-order valence-electron chi connectivity index (χ0n) is 15.6. The number of piperidine rings is 1. The van der Waals surface area contributed by atoms with Gasteiger partial charge in [-0.25, -0.2) is 0 Å². The van der Waals surface area contributed by atoms with Crippen LogP contribution in [0.15, 0.2) is 36.4 Å². The Hall–Kier alpha value is -1.78. The average molecular weight is 377 g/mol. The van der Waals surface area contributed by atoms with E-state index in [4.69, 9.17) is 4.74 Å². The molecule has 1 saturated heterocycles. The van der Waals surface area contributed by atoms with Crippen molar-refractivity contribution in [2.45, 2.75) is 32.1 Å². The number of carbonyl (C=O) groups is 1. The number of ether oxygens (including phenoxy) is 1. The normalized spacial score (nSPS) is 18.0. The number of methoxy groups -OCH3 is 1. The molecule has 5 heteroatoms. The van der Waals surface area contributed by atoms with E-state index in [1.807, 2.05) is 31.2 Å². The van der Waals surface area contributed by atoms with Crippen molar-refractivity contribution in [2.75, 3.05) is 26.7 Å². The second kappa shape index (κ2) is 9.79. The lowest BCUT2D eigenvalue weighted by Gasteiger charge is -2.23. The van der Waals surface area contributed by atoms with Gasteiger partial charge in [-0.3, -0.25) is 4.79 Å². The highest BCUT2D eigenvalue weighted by Gasteiger charge is 2.17. The van der Waals surface area contributed by atoms with Crippen molar-refractivity contribution >= 4 is 29.1 Å². The zero-order chi connectivity index (χ0) is 17.6. The molecular formula is C21H29ClN2O2. The third-order valence-corrected chi connectivity index (χ3v) is 5.22. The second-order valence-electron chi connectivity index (χ2n) is 6.99. The molecule has 2 N–H and O–H groups in total. The summed E-state index contributed by atoms with van der Waals surface area (Å²) >= 11 is 0. The number of hydrogen-bond acceptors (Lipinski definition) is 3. The molecule has 2 atom stereocenters. The molecule has 0 aliphatic carbocycles. The summed E-state index contributed by atoms with van der Waals surface area (Å²) in [5, 5.41) is 8.79. The highest BCUT2D eigenvalue weighted by atomic mass is 35.5. The van der Waals surface area contributed by atoms with E-state index < -0.39 is 0 Å². The number of rotatable bonds is 6. The van der Waals surface area contributed by atoms with Crippen LogP contribution in [-0.2, 0) is 4.79 Å². The largest absolute Gasteiger partial charge is 0.497 e. The molecule has 0 spiro atoms. The van der Waals surface area contributed by atoms with Gasteiger partial charge in [-0.05, 0) is 73.7 Å². The maximum absolute atomic E-state index is 12.5. The second-order valence-corrected chi connectivity index (χ2v) is 6.99. The van der Waals surface area contributed by atoms with Crippen molar-refractivity contribution in [1.29, 1.82) is 0 Å². The smallest absolute Gasteiger partial charge is 0.227 e. The van der Waals surface area contributed by atoms with Crippen LogP contribution in [-0.4, -0.2) is 32.7 Å². The Morgan fingerprint density at radius 1 is 1.27 bits per heavy atom. The van der Waals surface area contributed by atoms with Crippen molar-refractivity contribution in [1.82, 2.24) is 10.6 Å². The van der Waals surface area contributed by atoms with Gasteiger partial charge in [0.15, 0.2) is 0 Å². The van der Waals surface area contributed by atoms with Crippen molar-refractivity contribution in [3.63, 3.8) is 0 Å². The molecule has 1 fully saturated rings. The van der Waals surface area contributed by atoms with Gasteiger partial charge in [0.05, 0.1) is 13.0 Å². The van der Waals surface area contributed by atoms with E-state index in [0.29, 0.717) is 5.92 Å². The number of hydrogen-bond donors (Lipinski definition) is 2. The number of nitrogens with one attached hydrogen (secondary N) is 2. The molecular weight excluding hydrogens is 348 g/mol. The molecule has 1 heterocycles. The fourth-order valence-electron chi connectivity index (χ4n) is 3.51. The van der Waals surface area contributed by atoms with Crippen LogP contribution in [0.3, 0.4) is 0 Å². The molecule has 2 aromatic carbocycles. The zero-order valence-corrected chi connectivity index (χ0v) is 16.4. The Labute approximate surface area is 162 Å². The topological polar surface area (TPSA) is 50.4 Å².